The molecule has 2 aromatic heterocycles. The predicted octanol–water partition coefficient (Wildman–Crippen LogP) is 6.09. The number of halogens is 5. The first-order valence-electron chi connectivity index (χ1n) is 12.8. The fraction of sp³-hybridized carbons (Fsp3) is 0.345. The summed E-state index contributed by atoms with van der Waals surface area (Å²) in [6.45, 7) is 1.52. The Kier molecular flexibility index (Phi) is 5.11. The van der Waals surface area contributed by atoms with Gasteiger partial charge in [0.05, 0.1) is 22.9 Å². The van der Waals surface area contributed by atoms with Crippen LogP contribution in [0.3, 0.4) is 0 Å². The van der Waals surface area contributed by atoms with E-state index in [-0.39, 0.29) is 45.4 Å². The molecular formula is C29H23F5N4O. The number of fused-ring (bicyclic) bond motifs is 3. The highest BCUT2D eigenvalue weighted by molar-refractivity contribution is 6.04. The SMILES string of the molecule is Cc1nn2c(C(F)F)c(C(=O)C3NC3[C@H]3C[C@]34CCc3ccccc34)cnc2c1-c1cccc(C(F)(F)F)c1. The van der Waals surface area contributed by atoms with Crippen LogP contribution in [0.4, 0.5) is 22.0 Å². The first-order chi connectivity index (χ1) is 18.6. The smallest absolute Gasteiger partial charge is 0.301 e. The van der Waals surface area contributed by atoms with Gasteiger partial charge in [0.2, 0.25) is 0 Å². The molecular weight excluding hydrogens is 515 g/mol. The van der Waals surface area contributed by atoms with Crippen LogP contribution in [-0.4, -0.2) is 32.5 Å². The maximum absolute atomic E-state index is 14.4. The molecule has 0 radical (unpaired) electrons. The molecule has 10 heteroatoms. The molecule has 200 valence electrons. The number of carbonyl (C=O) groups is 1. The molecule has 3 aliphatic rings. The fourth-order valence-electron chi connectivity index (χ4n) is 6.72. The van der Waals surface area contributed by atoms with Crippen molar-refractivity contribution in [2.45, 2.75) is 56.3 Å². The van der Waals surface area contributed by atoms with Gasteiger partial charge in [-0.15, -0.1) is 0 Å². The highest BCUT2D eigenvalue weighted by atomic mass is 19.4. The van der Waals surface area contributed by atoms with Crippen molar-refractivity contribution in [3.05, 3.63) is 88.4 Å². The quantitative estimate of drug-likeness (QED) is 0.190. The minimum absolute atomic E-state index is 0.0253. The third-order valence-electron chi connectivity index (χ3n) is 8.67. The van der Waals surface area contributed by atoms with Crippen molar-refractivity contribution in [2.75, 3.05) is 0 Å². The van der Waals surface area contributed by atoms with Crippen LogP contribution in [0.5, 0.6) is 0 Å². The molecule has 1 saturated heterocycles. The summed E-state index contributed by atoms with van der Waals surface area (Å²) in [5, 5.41) is 7.42. The third kappa shape index (κ3) is 3.64. The molecule has 4 atom stereocenters. The number of nitrogens with zero attached hydrogens (tertiary/aromatic N) is 3. The molecule has 1 spiro atoms. The zero-order valence-corrected chi connectivity index (χ0v) is 20.8. The number of ketones is 1. The van der Waals surface area contributed by atoms with Crippen LogP contribution in [0.1, 0.15) is 57.7 Å². The lowest BCUT2D eigenvalue weighted by Gasteiger charge is -2.12. The Labute approximate surface area is 220 Å². The van der Waals surface area contributed by atoms with E-state index in [1.165, 1.54) is 30.2 Å². The van der Waals surface area contributed by atoms with E-state index in [9.17, 15) is 26.7 Å². The van der Waals surface area contributed by atoms with Gasteiger partial charge in [-0.1, -0.05) is 36.4 Å². The molecule has 7 rings (SSSR count). The van der Waals surface area contributed by atoms with Gasteiger partial charge in [-0.3, -0.25) is 4.79 Å². The van der Waals surface area contributed by atoms with E-state index >= 15 is 0 Å². The maximum atomic E-state index is 14.4. The summed E-state index contributed by atoms with van der Waals surface area (Å²) in [6, 6.07) is 12.2. The zero-order valence-electron chi connectivity index (χ0n) is 20.8. The highest BCUT2D eigenvalue weighted by Crippen LogP contribution is 2.64. The number of hydrogen-bond donors (Lipinski definition) is 1. The summed E-state index contributed by atoms with van der Waals surface area (Å²) >= 11 is 0. The minimum Gasteiger partial charge on any atom is -0.301 e. The molecule has 39 heavy (non-hydrogen) atoms. The van der Waals surface area contributed by atoms with Crippen molar-refractivity contribution in [3.63, 3.8) is 0 Å². The topological polar surface area (TPSA) is 69.2 Å². The molecule has 0 amide bonds. The number of alkyl halides is 5. The number of benzene rings is 2. The van der Waals surface area contributed by atoms with Gasteiger partial charge in [-0.05, 0) is 60.9 Å². The van der Waals surface area contributed by atoms with Crippen LogP contribution in [0.25, 0.3) is 16.8 Å². The summed E-state index contributed by atoms with van der Waals surface area (Å²) in [5.74, 6) is -0.201. The predicted molar refractivity (Wildman–Crippen MR) is 133 cm³/mol. The Morgan fingerprint density at radius 1 is 1.15 bits per heavy atom. The standard InChI is InChI=1S/C29H23F5N4O/c1-14-21(16-6-4-7-17(11-16)29(32,33)34)27-35-13-18(24(26(30)31)38(27)37-14)25(39)23-22(36-23)20-12-28(20)10-9-15-5-2-3-8-19(15)28/h2-8,11,13,20,22-23,26,36H,9-10,12H2,1H3/t20-,22?,23?,28+/m1/s1. The normalized spacial score (nSPS) is 25.5. The highest BCUT2D eigenvalue weighted by Gasteiger charge is 2.66. The number of carbonyl (C=O) groups excluding carboxylic acids is 1. The Morgan fingerprint density at radius 2 is 1.95 bits per heavy atom. The Bertz CT molecular complexity index is 1660. The number of hydrogen-bond acceptors (Lipinski definition) is 4. The molecule has 2 aromatic carbocycles. The average molecular weight is 539 g/mol. The van der Waals surface area contributed by atoms with Gasteiger partial charge in [0.25, 0.3) is 6.43 Å². The molecule has 1 saturated carbocycles. The van der Waals surface area contributed by atoms with Crippen molar-refractivity contribution >= 4 is 11.4 Å². The molecule has 1 aliphatic heterocycles. The molecule has 1 N–H and O–H groups in total. The second-order valence-electron chi connectivity index (χ2n) is 10.8. The number of Topliss-reactive ketones (excluding diaryl/α,β-unsaturated/α-hetero) is 1. The Morgan fingerprint density at radius 3 is 2.72 bits per heavy atom. The van der Waals surface area contributed by atoms with Crippen molar-refractivity contribution in [1.82, 2.24) is 19.9 Å². The zero-order chi connectivity index (χ0) is 27.3. The van der Waals surface area contributed by atoms with Crippen molar-refractivity contribution < 1.29 is 26.7 Å². The van der Waals surface area contributed by atoms with Crippen LogP contribution in [0.2, 0.25) is 0 Å². The van der Waals surface area contributed by atoms with Crippen LogP contribution >= 0.6 is 0 Å². The van der Waals surface area contributed by atoms with Gasteiger partial charge in [0.1, 0.15) is 5.69 Å². The van der Waals surface area contributed by atoms with E-state index in [0.717, 1.165) is 42.1 Å². The minimum atomic E-state index is -4.57. The molecule has 3 heterocycles. The van der Waals surface area contributed by atoms with Crippen LogP contribution in [-0.2, 0) is 18.0 Å². The second-order valence-corrected chi connectivity index (χ2v) is 10.8. The Balaban J connectivity index is 1.22. The summed E-state index contributed by atoms with van der Waals surface area (Å²) in [5.41, 5.74) is 1.60. The van der Waals surface area contributed by atoms with E-state index < -0.39 is 35.7 Å². The van der Waals surface area contributed by atoms with E-state index in [1.54, 1.807) is 0 Å². The van der Waals surface area contributed by atoms with Gasteiger partial charge < -0.3 is 5.32 Å². The maximum Gasteiger partial charge on any atom is 0.416 e. The van der Waals surface area contributed by atoms with Gasteiger partial charge in [0.15, 0.2) is 11.4 Å². The first kappa shape index (κ1) is 24.4. The van der Waals surface area contributed by atoms with Crippen molar-refractivity contribution in [3.8, 4) is 11.1 Å². The lowest BCUT2D eigenvalue weighted by Crippen LogP contribution is -2.19. The average Bonchev–Trinajstić information content (AvgIpc) is 3.77. The van der Waals surface area contributed by atoms with Crippen molar-refractivity contribution in [2.24, 2.45) is 5.92 Å². The molecule has 5 nitrogen and oxygen atoms in total. The summed E-state index contributed by atoms with van der Waals surface area (Å²) < 4.78 is 69.7. The molecule has 2 unspecified atom stereocenters. The number of aryl methyl sites for hydroxylation is 2. The van der Waals surface area contributed by atoms with Crippen LogP contribution in [0, 0.1) is 12.8 Å². The number of aromatic nitrogens is 3. The lowest BCUT2D eigenvalue weighted by molar-refractivity contribution is -0.137. The summed E-state index contributed by atoms with van der Waals surface area (Å²) in [4.78, 5) is 17.8. The van der Waals surface area contributed by atoms with Gasteiger partial charge in [-0.2, -0.15) is 18.3 Å². The largest absolute Gasteiger partial charge is 0.416 e. The molecule has 0 bridgehead atoms. The number of nitrogens with one attached hydrogen (secondary N) is 1. The number of rotatable bonds is 5. The molecule has 2 aliphatic carbocycles. The molecule has 2 fully saturated rings. The first-order valence-corrected chi connectivity index (χ1v) is 12.8. The summed E-state index contributed by atoms with van der Waals surface area (Å²) in [6.07, 6.45) is -3.51. The van der Waals surface area contributed by atoms with E-state index in [1.807, 2.05) is 12.1 Å². The monoisotopic (exact) mass is 538 g/mol. The van der Waals surface area contributed by atoms with Crippen molar-refractivity contribution in [1.29, 1.82) is 0 Å². The van der Waals surface area contributed by atoms with Gasteiger partial charge in [0, 0.05) is 23.2 Å². The van der Waals surface area contributed by atoms with Gasteiger partial charge >= 0.3 is 6.18 Å². The molecule has 4 aromatic rings. The van der Waals surface area contributed by atoms with Crippen LogP contribution in [0.15, 0.2) is 54.7 Å². The summed E-state index contributed by atoms with van der Waals surface area (Å²) in [7, 11) is 0. The van der Waals surface area contributed by atoms with Crippen LogP contribution < -0.4 is 5.32 Å². The third-order valence-corrected chi connectivity index (χ3v) is 8.67. The lowest BCUT2D eigenvalue weighted by atomic mass is 9.93. The van der Waals surface area contributed by atoms with E-state index in [2.05, 4.69) is 27.5 Å². The fourth-order valence-corrected chi connectivity index (χ4v) is 6.72. The second kappa shape index (κ2) is 8.17. The Hall–Kier alpha value is -3.66. The van der Waals surface area contributed by atoms with E-state index in [0.29, 0.717) is 0 Å². The van der Waals surface area contributed by atoms with Gasteiger partial charge in [-0.25, -0.2) is 18.3 Å². The van der Waals surface area contributed by atoms with E-state index in [4.69, 9.17) is 0 Å².